The van der Waals surface area contributed by atoms with Gasteiger partial charge in [-0.25, -0.2) is 9.79 Å². The molecule has 0 spiro atoms. The maximum Gasteiger partial charge on any atom is 0.363 e. The van der Waals surface area contributed by atoms with Gasteiger partial charge < -0.3 is 4.74 Å². The Bertz CT molecular complexity index is 766. The number of benzene rings is 2. The van der Waals surface area contributed by atoms with Gasteiger partial charge in [0.25, 0.3) is 0 Å². The maximum absolute atomic E-state index is 11.9. The molecule has 104 valence electrons. The molecule has 0 saturated carbocycles. The molecule has 3 rings (SSSR count). The summed E-state index contributed by atoms with van der Waals surface area (Å²) in [5, 5.41) is 0. The molecule has 0 aliphatic carbocycles. The number of ether oxygens (including phenoxy) is 1. The van der Waals surface area contributed by atoms with Gasteiger partial charge in [-0.3, -0.25) is 0 Å². The van der Waals surface area contributed by atoms with Crippen LogP contribution in [0.4, 0.5) is 0 Å². The van der Waals surface area contributed by atoms with Crippen LogP contribution in [0.5, 0.6) is 0 Å². The van der Waals surface area contributed by atoms with E-state index in [1.165, 1.54) is 0 Å². The highest BCUT2D eigenvalue weighted by Gasteiger charge is 2.24. The number of nitrogens with zero attached hydrogens (tertiary/aromatic N) is 1. The maximum atomic E-state index is 11.9. The van der Waals surface area contributed by atoms with Crippen LogP contribution in [0.25, 0.3) is 6.08 Å². The van der Waals surface area contributed by atoms with E-state index in [0.717, 1.165) is 19.2 Å². The van der Waals surface area contributed by atoms with Crippen molar-refractivity contribution in [2.24, 2.45) is 4.99 Å². The quantitative estimate of drug-likeness (QED) is 0.384. The number of aliphatic imine (C=N–C) groups is 1. The zero-order chi connectivity index (χ0) is 14.8. The Morgan fingerprint density at radius 2 is 1.81 bits per heavy atom. The first-order chi connectivity index (χ1) is 10.1. The minimum atomic E-state index is -0.424. The second-order valence-corrected chi connectivity index (χ2v) is 6.44. The molecule has 3 nitrogen and oxygen atoms in total. The summed E-state index contributed by atoms with van der Waals surface area (Å²) >= 11 is 5.59. The van der Waals surface area contributed by atoms with E-state index in [0.29, 0.717) is 11.6 Å². The second kappa shape index (κ2) is 6.11. The average Bonchev–Trinajstić information content (AvgIpc) is 2.83. The Kier molecular flexibility index (Phi) is 4.21. The summed E-state index contributed by atoms with van der Waals surface area (Å²) in [6.07, 6.45) is 1.75. The molecule has 5 heteroatoms. The fourth-order valence-corrected chi connectivity index (χ4v) is 2.67. The van der Waals surface area contributed by atoms with Gasteiger partial charge >= 0.3 is 5.97 Å². The van der Waals surface area contributed by atoms with Crippen molar-refractivity contribution in [3.63, 3.8) is 0 Å². The number of rotatable bonds is 2. The van der Waals surface area contributed by atoms with E-state index in [-0.39, 0.29) is 0 Å². The number of esters is 1. The first-order valence-electron chi connectivity index (χ1n) is 6.16. The summed E-state index contributed by atoms with van der Waals surface area (Å²) in [5.74, 6) is -0.0859. The molecule has 0 saturated heterocycles. The second-order valence-electron chi connectivity index (χ2n) is 4.36. The van der Waals surface area contributed by atoms with Gasteiger partial charge in [0.05, 0.1) is 0 Å². The fourth-order valence-electron chi connectivity index (χ4n) is 1.86. The van der Waals surface area contributed by atoms with Gasteiger partial charge in [0.1, 0.15) is 0 Å². The molecule has 0 atom stereocenters. The Morgan fingerprint density at radius 3 is 2.52 bits per heavy atom. The van der Waals surface area contributed by atoms with E-state index in [9.17, 15) is 4.79 Å². The first-order valence-corrected chi connectivity index (χ1v) is 8.04. The van der Waals surface area contributed by atoms with Crippen molar-refractivity contribution in [2.45, 2.75) is 0 Å². The molecular formula is C16H9BrINO2. The number of cyclic esters (lactones) is 1. The van der Waals surface area contributed by atoms with Crippen LogP contribution in [-0.2, 0) is 9.53 Å². The standard InChI is InChI=1S/C16H9BrINO2/c17-12-7-5-10(6-8-12)15-19-14(16(20)21-15)9-11-3-1-2-4-13(11)18/h1-9H. The summed E-state index contributed by atoms with van der Waals surface area (Å²) in [6.45, 7) is 0. The van der Waals surface area contributed by atoms with Crippen LogP contribution < -0.4 is 0 Å². The zero-order valence-electron chi connectivity index (χ0n) is 10.7. The minimum absolute atomic E-state index is 0.317. The summed E-state index contributed by atoms with van der Waals surface area (Å²) in [4.78, 5) is 16.2. The summed E-state index contributed by atoms with van der Waals surface area (Å²) in [7, 11) is 0. The lowest BCUT2D eigenvalue weighted by Crippen LogP contribution is -2.05. The van der Waals surface area contributed by atoms with E-state index >= 15 is 0 Å². The number of halogens is 2. The molecule has 0 N–H and O–H groups in total. The third-order valence-electron chi connectivity index (χ3n) is 2.91. The Balaban J connectivity index is 1.96. The molecule has 0 bridgehead atoms. The molecule has 0 amide bonds. The van der Waals surface area contributed by atoms with Gasteiger partial charge in [-0.05, 0) is 64.6 Å². The largest absolute Gasteiger partial charge is 0.402 e. The molecular weight excluding hydrogens is 445 g/mol. The van der Waals surface area contributed by atoms with Crippen LogP contribution in [-0.4, -0.2) is 11.9 Å². The number of hydrogen-bond acceptors (Lipinski definition) is 3. The summed E-state index contributed by atoms with van der Waals surface area (Å²) < 4.78 is 7.26. The van der Waals surface area contributed by atoms with Gasteiger partial charge in [0, 0.05) is 13.6 Å². The zero-order valence-corrected chi connectivity index (χ0v) is 14.5. The highest BCUT2D eigenvalue weighted by Crippen LogP contribution is 2.22. The van der Waals surface area contributed by atoms with Crippen LogP contribution in [0.2, 0.25) is 0 Å². The normalized spacial score (nSPS) is 16.0. The summed E-state index contributed by atoms with van der Waals surface area (Å²) in [5.41, 5.74) is 2.04. The van der Waals surface area contributed by atoms with Crippen LogP contribution in [0.1, 0.15) is 11.1 Å². The minimum Gasteiger partial charge on any atom is -0.402 e. The third-order valence-corrected chi connectivity index (χ3v) is 4.42. The van der Waals surface area contributed by atoms with Crippen molar-refractivity contribution in [1.29, 1.82) is 0 Å². The van der Waals surface area contributed by atoms with E-state index in [1.807, 2.05) is 48.5 Å². The molecule has 1 aliphatic rings. The van der Waals surface area contributed by atoms with Gasteiger partial charge in [0.2, 0.25) is 5.90 Å². The highest BCUT2D eigenvalue weighted by atomic mass is 127. The van der Waals surface area contributed by atoms with Crippen molar-refractivity contribution in [3.05, 3.63) is 73.4 Å². The smallest absolute Gasteiger partial charge is 0.363 e. The molecule has 21 heavy (non-hydrogen) atoms. The van der Waals surface area contributed by atoms with Crippen molar-refractivity contribution >= 4 is 56.5 Å². The topological polar surface area (TPSA) is 38.7 Å². The Labute approximate surface area is 144 Å². The molecule has 1 aliphatic heterocycles. The lowest BCUT2D eigenvalue weighted by Gasteiger charge is -1.98. The number of carbonyl (C=O) groups excluding carboxylic acids is 1. The average molecular weight is 454 g/mol. The van der Waals surface area contributed by atoms with E-state index < -0.39 is 5.97 Å². The highest BCUT2D eigenvalue weighted by molar-refractivity contribution is 14.1. The molecule has 0 radical (unpaired) electrons. The van der Waals surface area contributed by atoms with Gasteiger partial charge in [-0.2, -0.15) is 0 Å². The first kappa shape index (κ1) is 14.5. The van der Waals surface area contributed by atoms with Crippen LogP contribution >= 0.6 is 38.5 Å². The van der Waals surface area contributed by atoms with Crippen LogP contribution in [0.15, 0.2) is 63.7 Å². The molecule has 2 aromatic rings. The van der Waals surface area contributed by atoms with Crippen molar-refractivity contribution in [1.82, 2.24) is 0 Å². The van der Waals surface area contributed by atoms with Crippen molar-refractivity contribution < 1.29 is 9.53 Å². The van der Waals surface area contributed by atoms with E-state index in [2.05, 4.69) is 43.5 Å². The van der Waals surface area contributed by atoms with Gasteiger partial charge in [0.15, 0.2) is 5.70 Å². The SMILES string of the molecule is O=C1OC(c2ccc(Br)cc2)=NC1=Cc1ccccc1I. The molecule has 0 unspecified atom stereocenters. The molecule has 1 heterocycles. The van der Waals surface area contributed by atoms with Crippen molar-refractivity contribution in [3.8, 4) is 0 Å². The third kappa shape index (κ3) is 3.24. The monoisotopic (exact) mass is 453 g/mol. The van der Waals surface area contributed by atoms with Gasteiger partial charge in [-0.15, -0.1) is 0 Å². The summed E-state index contributed by atoms with van der Waals surface area (Å²) in [6, 6.07) is 15.3. The lowest BCUT2D eigenvalue weighted by molar-refractivity contribution is -0.129. The van der Waals surface area contributed by atoms with E-state index in [4.69, 9.17) is 4.74 Å². The molecule has 2 aromatic carbocycles. The Hall–Kier alpha value is -1.47. The van der Waals surface area contributed by atoms with Crippen molar-refractivity contribution in [2.75, 3.05) is 0 Å². The molecule has 0 aromatic heterocycles. The van der Waals surface area contributed by atoms with E-state index in [1.54, 1.807) is 6.08 Å². The lowest BCUT2D eigenvalue weighted by atomic mass is 10.2. The van der Waals surface area contributed by atoms with Crippen LogP contribution in [0, 0.1) is 3.57 Å². The molecule has 0 fully saturated rings. The predicted molar refractivity (Wildman–Crippen MR) is 93.9 cm³/mol. The predicted octanol–water partition coefficient (Wildman–Crippen LogP) is 4.40. The van der Waals surface area contributed by atoms with Crippen LogP contribution in [0.3, 0.4) is 0 Å². The number of carbonyl (C=O) groups is 1. The van der Waals surface area contributed by atoms with Gasteiger partial charge in [-0.1, -0.05) is 34.1 Å². The Morgan fingerprint density at radius 1 is 1.10 bits per heavy atom. The fraction of sp³-hybridized carbons (Fsp3) is 0. The number of hydrogen-bond donors (Lipinski definition) is 0.